The highest BCUT2D eigenvalue weighted by Crippen LogP contribution is 2.16. The van der Waals surface area contributed by atoms with Crippen LogP contribution in [-0.2, 0) is 13.6 Å². The molecule has 0 saturated heterocycles. The highest BCUT2D eigenvalue weighted by Gasteiger charge is 2.22. The number of nitrogens with two attached hydrogens (primary N) is 1. The molecule has 0 unspecified atom stereocenters. The Morgan fingerprint density at radius 3 is 2.77 bits per heavy atom. The normalized spacial score (nSPS) is 9.62. The minimum atomic E-state index is -0.594. The lowest BCUT2D eigenvalue weighted by atomic mass is 10.4. The fraction of sp³-hybridized carbons (Fsp3) is 0.286. The van der Waals surface area contributed by atoms with E-state index in [4.69, 9.17) is 12.2 Å². The lowest BCUT2D eigenvalue weighted by Crippen LogP contribution is -2.06. The van der Waals surface area contributed by atoms with Gasteiger partial charge in [-0.15, -0.1) is 6.42 Å². The largest absolute Gasteiger partial charge is 0.387 e. The Morgan fingerprint density at radius 1 is 1.85 bits per heavy atom. The van der Waals surface area contributed by atoms with E-state index in [1.807, 2.05) is 0 Å². The maximum Gasteiger partial charge on any atom is 0.387 e. The van der Waals surface area contributed by atoms with Crippen molar-refractivity contribution in [3.05, 3.63) is 21.6 Å². The summed E-state index contributed by atoms with van der Waals surface area (Å²) in [6, 6.07) is 0. The summed E-state index contributed by atoms with van der Waals surface area (Å²) in [7, 11) is 1.59. The number of imidazole rings is 1. The second-order valence-electron chi connectivity index (χ2n) is 2.37. The lowest BCUT2D eigenvalue weighted by Gasteiger charge is -1.96. The topological polar surface area (TPSA) is 87.0 Å². The molecule has 0 amide bonds. The molecule has 0 aliphatic heterocycles. The van der Waals surface area contributed by atoms with Crippen molar-refractivity contribution in [2.45, 2.75) is 6.54 Å². The number of aromatic nitrogens is 2. The molecule has 0 aliphatic carbocycles. The van der Waals surface area contributed by atoms with E-state index in [0.717, 1.165) is 0 Å². The molecule has 1 aromatic heterocycles. The first-order valence-corrected chi connectivity index (χ1v) is 3.48. The van der Waals surface area contributed by atoms with Gasteiger partial charge in [0.2, 0.25) is 0 Å². The van der Waals surface area contributed by atoms with E-state index < -0.39 is 4.92 Å². The maximum absolute atomic E-state index is 10.5. The second-order valence-corrected chi connectivity index (χ2v) is 2.37. The number of nitrogens with zero attached hydrogens (tertiary/aromatic N) is 3. The van der Waals surface area contributed by atoms with Crippen molar-refractivity contribution in [3.8, 4) is 12.3 Å². The number of rotatable bonds is 2. The van der Waals surface area contributed by atoms with Gasteiger partial charge in [-0.25, -0.2) is 0 Å². The van der Waals surface area contributed by atoms with Crippen LogP contribution in [0.3, 0.4) is 0 Å². The first-order valence-electron chi connectivity index (χ1n) is 3.48. The third-order valence-electron chi connectivity index (χ3n) is 1.69. The van der Waals surface area contributed by atoms with Gasteiger partial charge in [-0.2, -0.15) is 0 Å². The van der Waals surface area contributed by atoms with E-state index in [-0.39, 0.29) is 18.2 Å². The molecule has 0 atom stereocenters. The zero-order chi connectivity index (χ0) is 10.0. The zero-order valence-electron chi connectivity index (χ0n) is 7.02. The van der Waals surface area contributed by atoms with Gasteiger partial charge in [0.25, 0.3) is 5.82 Å². The van der Waals surface area contributed by atoms with Gasteiger partial charge in [0, 0.05) is 13.6 Å². The van der Waals surface area contributed by atoms with Crippen LogP contribution in [-0.4, -0.2) is 14.5 Å². The van der Waals surface area contributed by atoms with Gasteiger partial charge in [-0.1, -0.05) is 0 Å². The molecule has 13 heavy (non-hydrogen) atoms. The first-order chi connectivity index (χ1) is 6.11. The molecule has 0 aliphatic rings. The summed E-state index contributed by atoms with van der Waals surface area (Å²) in [5.41, 5.74) is 5.65. The smallest absolute Gasteiger partial charge is 0.358 e. The van der Waals surface area contributed by atoms with Crippen molar-refractivity contribution in [1.82, 2.24) is 9.55 Å². The Balaban J connectivity index is 3.38. The summed E-state index contributed by atoms with van der Waals surface area (Å²) >= 11 is 0. The van der Waals surface area contributed by atoms with E-state index in [1.54, 1.807) is 7.05 Å². The summed E-state index contributed by atoms with van der Waals surface area (Å²) in [6.45, 7) is 0.0431. The third-order valence-corrected chi connectivity index (χ3v) is 1.69. The molecule has 1 aromatic rings. The highest BCUT2D eigenvalue weighted by atomic mass is 16.6. The molecule has 2 N–H and O–H groups in total. The molecule has 68 valence electrons. The Kier molecular flexibility index (Phi) is 2.30. The lowest BCUT2D eigenvalue weighted by molar-refractivity contribution is -0.390. The molecule has 1 rings (SSSR count). The molecule has 0 saturated carbocycles. The fourth-order valence-electron chi connectivity index (χ4n) is 1.02. The third kappa shape index (κ3) is 1.37. The van der Waals surface area contributed by atoms with Gasteiger partial charge in [-0.05, 0) is 15.8 Å². The van der Waals surface area contributed by atoms with Crippen LogP contribution in [0.25, 0.3) is 0 Å². The van der Waals surface area contributed by atoms with Gasteiger partial charge in [-0.3, -0.25) is 4.57 Å². The van der Waals surface area contributed by atoms with E-state index in [0.29, 0.717) is 5.69 Å². The number of hydrogen-bond acceptors (Lipinski definition) is 4. The van der Waals surface area contributed by atoms with Crippen molar-refractivity contribution in [2.24, 2.45) is 12.8 Å². The molecule has 0 aromatic carbocycles. The van der Waals surface area contributed by atoms with Crippen molar-refractivity contribution >= 4 is 5.82 Å². The molecule has 1 heterocycles. The minimum Gasteiger partial charge on any atom is -0.358 e. The maximum atomic E-state index is 10.5. The van der Waals surface area contributed by atoms with Gasteiger partial charge in [0.1, 0.15) is 5.69 Å². The molecule has 0 fully saturated rings. The van der Waals surface area contributed by atoms with Crippen LogP contribution >= 0.6 is 0 Å². The van der Waals surface area contributed by atoms with Gasteiger partial charge in [0.05, 0.1) is 0 Å². The van der Waals surface area contributed by atoms with Crippen molar-refractivity contribution < 1.29 is 4.92 Å². The molecule has 6 heteroatoms. The molecule has 6 nitrogen and oxygen atoms in total. The fourth-order valence-corrected chi connectivity index (χ4v) is 1.02. The summed E-state index contributed by atoms with van der Waals surface area (Å²) in [5.74, 6) is 2.19. The van der Waals surface area contributed by atoms with Crippen LogP contribution < -0.4 is 5.73 Å². The van der Waals surface area contributed by atoms with Crippen LogP contribution in [0.5, 0.6) is 0 Å². The van der Waals surface area contributed by atoms with Gasteiger partial charge >= 0.3 is 5.82 Å². The second kappa shape index (κ2) is 3.25. The SMILES string of the molecule is C#Cc1nc([N+](=O)[O-])c(CN)n1C. The van der Waals surface area contributed by atoms with E-state index >= 15 is 0 Å². The first kappa shape index (κ1) is 9.22. The predicted octanol–water partition coefficient (Wildman–Crippen LogP) is -0.232. The molecule has 0 bridgehead atoms. The van der Waals surface area contributed by atoms with Crippen molar-refractivity contribution in [2.75, 3.05) is 0 Å². The van der Waals surface area contributed by atoms with Crippen LogP contribution in [0.1, 0.15) is 11.5 Å². The van der Waals surface area contributed by atoms with Gasteiger partial charge < -0.3 is 15.8 Å². The Hall–Kier alpha value is -1.87. The van der Waals surface area contributed by atoms with Crippen molar-refractivity contribution in [1.29, 1.82) is 0 Å². The summed E-state index contributed by atoms with van der Waals surface area (Å²) in [6.07, 6.45) is 5.09. The average Bonchev–Trinajstić information content (AvgIpc) is 2.42. The minimum absolute atomic E-state index is 0.0431. The Bertz CT molecular complexity index is 388. The molecule has 0 radical (unpaired) electrons. The van der Waals surface area contributed by atoms with E-state index in [9.17, 15) is 10.1 Å². The summed E-state index contributed by atoms with van der Waals surface area (Å²) in [4.78, 5) is 13.5. The monoisotopic (exact) mass is 180 g/mol. The number of hydrogen-bond donors (Lipinski definition) is 1. The highest BCUT2D eigenvalue weighted by molar-refractivity contribution is 5.35. The molecular weight excluding hydrogens is 172 g/mol. The Morgan fingerprint density at radius 2 is 2.46 bits per heavy atom. The molecule has 0 spiro atoms. The predicted molar refractivity (Wildman–Crippen MR) is 45.7 cm³/mol. The Labute approximate surface area is 74.5 Å². The zero-order valence-corrected chi connectivity index (χ0v) is 7.02. The average molecular weight is 180 g/mol. The summed E-state index contributed by atoms with van der Waals surface area (Å²) in [5, 5.41) is 10.5. The molecular formula is C7H8N4O2. The van der Waals surface area contributed by atoms with Crippen LogP contribution in [0.4, 0.5) is 5.82 Å². The van der Waals surface area contributed by atoms with Gasteiger partial charge in [0.15, 0.2) is 0 Å². The van der Waals surface area contributed by atoms with Crippen LogP contribution in [0, 0.1) is 22.5 Å². The summed E-state index contributed by atoms with van der Waals surface area (Å²) < 4.78 is 1.44. The van der Waals surface area contributed by atoms with Crippen LogP contribution in [0.15, 0.2) is 0 Å². The van der Waals surface area contributed by atoms with Crippen molar-refractivity contribution in [3.63, 3.8) is 0 Å². The quantitative estimate of drug-likeness (QED) is 0.387. The standard InChI is InChI=1S/C7H8N4O2/c1-3-6-9-7(11(12)13)5(4-8)10(6)2/h1H,4,8H2,2H3. The number of nitro groups is 1. The van der Waals surface area contributed by atoms with Crippen LogP contribution in [0.2, 0.25) is 0 Å². The van der Waals surface area contributed by atoms with E-state index in [1.165, 1.54) is 4.57 Å². The number of terminal acetylenes is 1. The van der Waals surface area contributed by atoms with E-state index in [2.05, 4.69) is 10.9 Å².